The molecule has 5 rings (SSSR count). The number of nitrogens with one attached hydrogen (secondary N) is 1. The molecule has 0 aliphatic carbocycles. The van der Waals surface area contributed by atoms with E-state index in [0.29, 0.717) is 10.6 Å². The molecular formula is C26H21F6N5O5S. The van der Waals surface area contributed by atoms with E-state index >= 15 is 0 Å². The summed E-state index contributed by atoms with van der Waals surface area (Å²) in [6, 6.07) is 8.66. The van der Waals surface area contributed by atoms with E-state index in [-0.39, 0.29) is 53.7 Å². The second-order valence-corrected chi connectivity index (χ2v) is 11.3. The lowest BCUT2D eigenvalue weighted by Crippen LogP contribution is -2.40. The molecule has 1 fully saturated rings. The normalized spacial score (nSPS) is 15.0. The second-order valence-electron chi connectivity index (χ2n) is 9.35. The van der Waals surface area contributed by atoms with Gasteiger partial charge in [-0.05, 0) is 48.9 Å². The summed E-state index contributed by atoms with van der Waals surface area (Å²) in [6.07, 6.45) is -10.0. The van der Waals surface area contributed by atoms with Crippen molar-refractivity contribution in [3.8, 4) is 17.0 Å². The van der Waals surface area contributed by atoms with Crippen LogP contribution in [0.4, 0.5) is 36.8 Å². The van der Waals surface area contributed by atoms with Gasteiger partial charge < -0.3 is 9.47 Å². The summed E-state index contributed by atoms with van der Waals surface area (Å²) >= 11 is 0. The molecular weight excluding hydrogens is 608 g/mol. The zero-order valence-corrected chi connectivity index (χ0v) is 22.8. The van der Waals surface area contributed by atoms with Crippen LogP contribution in [0.2, 0.25) is 0 Å². The Labute approximate surface area is 239 Å². The maximum atomic E-state index is 13.9. The smallest absolute Gasteiger partial charge is 0.404 e. The van der Waals surface area contributed by atoms with Crippen molar-refractivity contribution in [2.45, 2.75) is 24.2 Å². The third kappa shape index (κ3) is 6.28. The number of benzene rings is 2. The summed E-state index contributed by atoms with van der Waals surface area (Å²) in [5, 5.41) is 5.94. The van der Waals surface area contributed by atoms with E-state index in [9.17, 15) is 39.6 Å². The van der Waals surface area contributed by atoms with Crippen LogP contribution < -0.4 is 10.1 Å². The first kappa shape index (κ1) is 30.2. The van der Waals surface area contributed by atoms with Gasteiger partial charge in [0.1, 0.15) is 0 Å². The summed E-state index contributed by atoms with van der Waals surface area (Å²) in [5.41, 5.74) is -3.43. The first-order valence-electron chi connectivity index (χ1n) is 12.5. The minimum atomic E-state index is -4.96. The molecule has 3 heterocycles. The summed E-state index contributed by atoms with van der Waals surface area (Å²) in [5.74, 6) is -0.495. The topological polar surface area (TPSA) is 115 Å². The molecule has 0 radical (unpaired) electrons. The van der Waals surface area contributed by atoms with Gasteiger partial charge in [0.15, 0.2) is 17.1 Å². The van der Waals surface area contributed by atoms with Crippen LogP contribution in [0.1, 0.15) is 16.8 Å². The first-order valence-corrected chi connectivity index (χ1v) is 13.9. The molecule has 228 valence electrons. The standard InChI is InChI=1S/C26H21F6N5O5S/c1-15-11-16(5-6-19(15)25(27,28)29)20-13-22(26(30,31)32)37-23(35-20)21(14-33-37)42-24(38)34-17-3-2-4-18(12-17)43(39,40)36-7-9-41-10-8-36/h2-6,11-14H,7-10H2,1H3,(H,34,38). The molecule has 1 N–H and O–H groups in total. The number of amides is 1. The fourth-order valence-corrected chi connectivity index (χ4v) is 5.87. The van der Waals surface area contributed by atoms with Gasteiger partial charge in [0.25, 0.3) is 0 Å². The number of nitrogens with zero attached hydrogens (tertiary/aromatic N) is 4. The van der Waals surface area contributed by atoms with Gasteiger partial charge in [0.05, 0.1) is 35.6 Å². The highest BCUT2D eigenvalue weighted by atomic mass is 32.2. The lowest BCUT2D eigenvalue weighted by Gasteiger charge is -2.26. The number of alkyl halides is 6. The monoisotopic (exact) mass is 629 g/mol. The molecule has 0 atom stereocenters. The number of carbonyl (C=O) groups excluding carboxylic acids is 1. The molecule has 10 nitrogen and oxygen atoms in total. The number of halogens is 6. The van der Waals surface area contributed by atoms with Crippen LogP contribution in [-0.4, -0.2) is 59.7 Å². The molecule has 17 heteroatoms. The molecule has 0 bridgehead atoms. The molecule has 2 aromatic carbocycles. The maximum Gasteiger partial charge on any atom is 0.433 e. The van der Waals surface area contributed by atoms with Gasteiger partial charge >= 0.3 is 18.4 Å². The number of aromatic nitrogens is 3. The van der Waals surface area contributed by atoms with Crippen molar-refractivity contribution in [3.05, 3.63) is 71.5 Å². The average Bonchev–Trinajstić information content (AvgIpc) is 3.34. The Morgan fingerprint density at radius 2 is 1.72 bits per heavy atom. The van der Waals surface area contributed by atoms with Crippen molar-refractivity contribution in [3.63, 3.8) is 0 Å². The number of rotatable bonds is 5. The van der Waals surface area contributed by atoms with Gasteiger partial charge in [-0.1, -0.05) is 12.1 Å². The number of ether oxygens (including phenoxy) is 2. The number of hydrogen-bond donors (Lipinski definition) is 1. The third-order valence-corrected chi connectivity index (χ3v) is 8.34. The lowest BCUT2D eigenvalue weighted by molar-refractivity contribution is -0.142. The third-order valence-electron chi connectivity index (χ3n) is 6.45. The summed E-state index contributed by atoms with van der Waals surface area (Å²) < 4.78 is 119. The number of fused-ring (bicyclic) bond motifs is 1. The maximum absolute atomic E-state index is 13.9. The Bertz CT molecular complexity index is 1800. The number of anilines is 1. The van der Waals surface area contributed by atoms with Crippen LogP contribution >= 0.6 is 0 Å². The Morgan fingerprint density at radius 3 is 2.37 bits per heavy atom. The van der Waals surface area contributed by atoms with Crippen LogP contribution in [-0.2, 0) is 27.1 Å². The molecule has 1 amide bonds. The molecule has 2 aromatic heterocycles. The zero-order valence-electron chi connectivity index (χ0n) is 22.0. The Balaban J connectivity index is 1.44. The fourth-order valence-electron chi connectivity index (χ4n) is 4.42. The fraction of sp³-hybridized carbons (Fsp3) is 0.269. The molecule has 1 aliphatic heterocycles. The SMILES string of the molecule is Cc1cc(-c2cc(C(F)(F)F)n3ncc(OC(=O)Nc4cccc(S(=O)(=O)N5CCOCC5)c4)c3n2)ccc1C(F)(F)F. The van der Waals surface area contributed by atoms with Gasteiger partial charge in [-0.3, -0.25) is 5.32 Å². The largest absolute Gasteiger partial charge is 0.433 e. The van der Waals surface area contributed by atoms with Crippen LogP contribution in [0, 0.1) is 6.92 Å². The van der Waals surface area contributed by atoms with E-state index in [1.54, 1.807) is 0 Å². The van der Waals surface area contributed by atoms with E-state index in [1.807, 2.05) is 0 Å². The van der Waals surface area contributed by atoms with Crippen molar-refractivity contribution in [2.24, 2.45) is 0 Å². The lowest BCUT2D eigenvalue weighted by atomic mass is 10.0. The average molecular weight is 630 g/mol. The van der Waals surface area contributed by atoms with Crippen LogP contribution in [0.25, 0.3) is 16.9 Å². The Morgan fingerprint density at radius 1 is 1.00 bits per heavy atom. The van der Waals surface area contributed by atoms with Gasteiger partial charge in [-0.15, -0.1) is 0 Å². The van der Waals surface area contributed by atoms with E-state index < -0.39 is 51.1 Å². The molecule has 0 unspecified atom stereocenters. The summed E-state index contributed by atoms with van der Waals surface area (Å²) in [7, 11) is -3.89. The van der Waals surface area contributed by atoms with Gasteiger partial charge in [0, 0.05) is 24.3 Å². The van der Waals surface area contributed by atoms with Gasteiger partial charge in [-0.25, -0.2) is 22.7 Å². The predicted octanol–water partition coefficient (Wildman–Crippen LogP) is 5.37. The van der Waals surface area contributed by atoms with Crippen molar-refractivity contribution >= 4 is 27.5 Å². The van der Waals surface area contributed by atoms with Crippen LogP contribution in [0.5, 0.6) is 5.75 Å². The number of aryl methyl sites for hydroxylation is 1. The first-order chi connectivity index (χ1) is 20.1. The molecule has 43 heavy (non-hydrogen) atoms. The molecule has 1 aliphatic rings. The van der Waals surface area contributed by atoms with Crippen molar-refractivity contribution in [1.82, 2.24) is 18.9 Å². The number of sulfonamides is 1. The predicted molar refractivity (Wildman–Crippen MR) is 139 cm³/mol. The molecule has 4 aromatic rings. The van der Waals surface area contributed by atoms with Crippen LogP contribution in [0.3, 0.4) is 0 Å². The quantitative estimate of drug-likeness (QED) is 0.295. The highest BCUT2D eigenvalue weighted by Gasteiger charge is 2.37. The molecule has 0 saturated carbocycles. The Hall–Kier alpha value is -4.22. The van der Waals surface area contributed by atoms with Crippen LogP contribution in [0.15, 0.2) is 59.6 Å². The number of carbonyl (C=O) groups is 1. The van der Waals surface area contributed by atoms with Crippen molar-refractivity contribution < 1.29 is 49.0 Å². The zero-order chi connectivity index (χ0) is 31.2. The van der Waals surface area contributed by atoms with E-state index in [0.717, 1.165) is 31.3 Å². The second kappa shape index (κ2) is 11.1. The summed E-state index contributed by atoms with van der Waals surface area (Å²) in [4.78, 5) is 16.7. The van der Waals surface area contributed by atoms with E-state index in [4.69, 9.17) is 9.47 Å². The highest BCUT2D eigenvalue weighted by Crippen LogP contribution is 2.37. The minimum absolute atomic E-state index is 0.0145. The number of morpholine rings is 1. The van der Waals surface area contributed by atoms with Crippen molar-refractivity contribution in [1.29, 1.82) is 0 Å². The van der Waals surface area contributed by atoms with E-state index in [1.165, 1.54) is 28.6 Å². The van der Waals surface area contributed by atoms with Gasteiger partial charge in [-0.2, -0.15) is 35.7 Å². The molecule has 1 saturated heterocycles. The van der Waals surface area contributed by atoms with E-state index in [2.05, 4.69) is 15.4 Å². The highest BCUT2D eigenvalue weighted by molar-refractivity contribution is 7.89. The number of hydrogen-bond acceptors (Lipinski definition) is 7. The van der Waals surface area contributed by atoms with Crippen molar-refractivity contribution in [2.75, 3.05) is 31.6 Å². The Kier molecular flexibility index (Phi) is 7.82. The van der Waals surface area contributed by atoms with Gasteiger partial charge in [0.2, 0.25) is 10.0 Å². The summed E-state index contributed by atoms with van der Waals surface area (Å²) in [6.45, 7) is 1.92. The molecule has 0 spiro atoms. The minimum Gasteiger partial charge on any atom is -0.404 e.